The molecule has 1 aliphatic rings. The smallest absolute Gasteiger partial charge is 0.349 e. The summed E-state index contributed by atoms with van der Waals surface area (Å²) in [6.07, 6.45) is 0. The number of hydrogen-bond acceptors (Lipinski definition) is 7. The molecule has 2 heterocycles. The third kappa shape index (κ3) is 4.72. The zero-order valence-electron chi connectivity index (χ0n) is 16.0. The lowest BCUT2D eigenvalue weighted by Crippen LogP contribution is -2.52. The quantitative estimate of drug-likeness (QED) is 0.687. The van der Waals surface area contributed by atoms with Crippen molar-refractivity contribution in [2.45, 2.75) is 17.9 Å². The van der Waals surface area contributed by atoms with Gasteiger partial charge in [0.1, 0.15) is 9.77 Å². The van der Waals surface area contributed by atoms with Crippen molar-refractivity contribution in [3.05, 3.63) is 46.7 Å². The summed E-state index contributed by atoms with van der Waals surface area (Å²) in [5, 5.41) is 1.58. The highest BCUT2D eigenvalue weighted by atomic mass is 32.2. The summed E-state index contributed by atoms with van der Waals surface area (Å²) in [4.78, 5) is 16.4. The van der Waals surface area contributed by atoms with Crippen molar-refractivity contribution >= 4 is 33.0 Å². The number of anilines is 1. The van der Waals surface area contributed by atoms with E-state index in [4.69, 9.17) is 0 Å². The van der Waals surface area contributed by atoms with Crippen LogP contribution >= 0.6 is 11.3 Å². The van der Waals surface area contributed by atoms with Crippen LogP contribution in [0.2, 0.25) is 0 Å². The molecule has 1 saturated heterocycles. The van der Waals surface area contributed by atoms with Gasteiger partial charge in [-0.2, -0.15) is 0 Å². The molecule has 0 amide bonds. The zero-order chi connectivity index (χ0) is 20.1. The first-order valence-corrected chi connectivity index (χ1v) is 11.5. The number of hydrogen-bond donors (Lipinski definition) is 1. The Bertz CT molecular complexity index is 891. The lowest BCUT2D eigenvalue weighted by molar-refractivity contribution is 0.0602. The average Bonchev–Trinajstić information content (AvgIpc) is 3.23. The van der Waals surface area contributed by atoms with E-state index in [1.807, 2.05) is 25.1 Å². The minimum Gasteiger partial charge on any atom is -0.465 e. The van der Waals surface area contributed by atoms with Gasteiger partial charge in [-0.15, -0.1) is 11.3 Å². The van der Waals surface area contributed by atoms with Crippen LogP contribution in [0.15, 0.2) is 46.7 Å². The fourth-order valence-electron chi connectivity index (χ4n) is 3.25. The largest absolute Gasteiger partial charge is 0.465 e. The van der Waals surface area contributed by atoms with Crippen LogP contribution in [0.3, 0.4) is 0 Å². The number of carbonyl (C=O) groups excluding carboxylic acids is 1. The number of sulfonamides is 1. The first-order chi connectivity index (χ1) is 13.4. The molecule has 1 N–H and O–H groups in total. The standard InChI is InChI=1S/C19H25N3O4S2/c1-15(21-9-11-22(12-10-21)16-6-4-3-5-7-16)14-20-28(24,25)17-8-13-27-18(17)19(23)26-2/h3-8,13,15,20H,9-12,14H2,1-2H3/t15-/m0/s1. The van der Waals surface area contributed by atoms with E-state index in [-0.39, 0.29) is 22.4 Å². The summed E-state index contributed by atoms with van der Waals surface area (Å²) < 4.78 is 32.5. The molecule has 152 valence electrons. The van der Waals surface area contributed by atoms with E-state index in [9.17, 15) is 13.2 Å². The van der Waals surface area contributed by atoms with Crippen LogP contribution in [0.25, 0.3) is 0 Å². The fourth-order valence-corrected chi connectivity index (χ4v) is 5.70. The molecule has 1 aromatic carbocycles. The molecular formula is C19H25N3O4S2. The zero-order valence-corrected chi connectivity index (χ0v) is 17.6. The first-order valence-electron chi connectivity index (χ1n) is 9.12. The number of nitrogens with zero attached hydrogens (tertiary/aromatic N) is 2. The summed E-state index contributed by atoms with van der Waals surface area (Å²) in [5.41, 5.74) is 1.21. The lowest BCUT2D eigenvalue weighted by atomic mass is 10.2. The van der Waals surface area contributed by atoms with Gasteiger partial charge in [0.15, 0.2) is 0 Å². The van der Waals surface area contributed by atoms with Crippen molar-refractivity contribution in [3.63, 3.8) is 0 Å². The maximum absolute atomic E-state index is 12.6. The molecule has 0 unspecified atom stereocenters. The molecule has 0 spiro atoms. The second-order valence-corrected chi connectivity index (χ2v) is 9.32. The summed E-state index contributed by atoms with van der Waals surface area (Å²) in [6.45, 7) is 5.82. The molecule has 3 rings (SSSR count). The van der Waals surface area contributed by atoms with Crippen molar-refractivity contribution < 1.29 is 17.9 Å². The third-order valence-corrected chi connectivity index (χ3v) is 7.41. The predicted molar refractivity (Wildman–Crippen MR) is 111 cm³/mol. The highest BCUT2D eigenvalue weighted by Crippen LogP contribution is 2.23. The van der Waals surface area contributed by atoms with Crippen molar-refractivity contribution in [2.75, 3.05) is 44.7 Å². The number of methoxy groups -OCH3 is 1. The van der Waals surface area contributed by atoms with Gasteiger partial charge in [-0.25, -0.2) is 17.9 Å². The molecule has 0 saturated carbocycles. The molecule has 0 bridgehead atoms. The van der Waals surface area contributed by atoms with Crippen LogP contribution in [0.5, 0.6) is 0 Å². The van der Waals surface area contributed by atoms with Gasteiger partial charge in [0.25, 0.3) is 0 Å². The van der Waals surface area contributed by atoms with E-state index in [0.29, 0.717) is 0 Å². The van der Waals surface area contributed by atoms with Gasteiger partial charge in [0.2, 0.25) is 10.0 Å². The molecule has 0 radical (unpaired) electrons. The van der Waals surface area contributed by atoms with E-state index in [1.165, 1.54) is 18.9 Å². The fraction of sp³-hybridized carbons (Fsp3) is 0.421. The Hall–Kier alpha value is -1.94. The minimum atomic E-state index is -3.77. The van der Waals surface area contributed by atoms with E-state index in [1.54, 1.807) is 5.38 Å². The molecule has 1 aromatic heterocycles. The third-order valence-electron chi connectivity index (χ3n) is 4.92. The van der Waals surface area contributed by atoms with Gasteiger partial charge >= 0.3 is 5.97 Å². The second kappa shape index (κ2) is 9.04. The van der Waals surface area contributed by atoms with Crippen LogP contribution in [0, 0.1) is 0 Å². The Morgan fingerprint density at radius 1 is 1.18 bits per heavy atom. The molecule has 2 aromatic rings. The van der Waals surface area contributed by atoms with Crippen molar-refractivity contribution in [2.24, 2.45) is 0 Å². The topological polar surface area (TPSA) is 78.9 Å². The Labute approximate surface area is 170 Å². The van der Waals surface area contributed by atoms with Gasteiger partial charge in [0.05, 0.1) is 7.11 Å². The maximum Gasteiger partial charge on any atom is 0.349 e. The maximum atomic E-state index is 12.6. The Balaban J connectivity index is 1.55. The Morgan fingerprint density at radius 2 is 1.86 bits per heavy atom. The van der Waals surface area contributed by atoms with Crippen molar-refractivity contribution in [3.8, 4) is 0 Å². The molecule has 28 heavy (non-hydrogen) atoms. The second-order valence-electron chi connectivity index (χ2n) is 6.67. The number of esters is 1. The number of nitrogens with one attached hydrogen (secondary N) is 1. The van der Waals surface area contributed by atoms with E-state index >= 15 is 0 Å². The summed E-state index contributed by atoms with van der Waals surface area (Å²) >= 11 is 1.06. The van der Waals surface area contributed by atoms with Gasteiger partial charge in [-0.1, -0.05) is 18.2 Å². The van der Waals surface area contributed by atoms with E-state index in [2.05, 4.69) is 31.4 Å². The molecular weight excluding hydrogens is 398 g/mol. The number of benzene rings is 1. The van der Waals surface area contributed by atoms with Gasteiger partial charge in [-0.05, 0) is 30.5 Å². The summed E-state index contributed by atoms with van der Waals surface area (Å²) in [7, 11) is -2.53. The first kappa shape index (κ1) is 20.8. The van der Waals surface area contributed by atoms with E-state index < -0.39 is 16.0 Å². The Kier molecular flexibility index (Phi) is 6.71. The van der Waals surface area contributed by atoms with Crippen LogP contribution in [-0.4, -0.2) is 65.2 Å². The number of rotatable bonds is 7. The normalized spacial score (nSPS) is 16.7. The lowest BCUT2D eigenvalue weighted by Gasteiger charge is -2.39. The highest BCUT2D eigenvalue weighted by molar-refractivity contribution is 7.89. The number of thiophene rings is 1. The van der Waals surface area contributed by atoms with Crippen molar-refractivity contribution in [1.82, 2.24) is 9.62 Å². The van der Waals surface area contributed by atoms with Crippen LogP contribution < -0.4 is 9.62 Å². The summed E-state index contributed by atoms with van der Waals surface area (Å²) in [6, 6.07) is 11.8. The molecule has 1 fully saturated rings. The molecule has 7 nitrogen and oxygen atoms in total. The van der Waals surface area contributed by atoms with Gasteiger partial charge < -0.3 is 9.64 Å². The average molecular weight is 424 g/mol. The molecule has 1 atom stereocenters. The molecule has 9 heteroatoms. The summed E-state index contributed by atoms with van der Waals surface area (Å²) in [5.74, 6) is -0.638. The number of carbonyl (C=O) groups is 1. The van der Waals surface area contributed by atoms with Crippen LogP contribution in [0.1, 0.15) is 16.6 Å². The van der Waals surface area contributed by atoms with Crippen LogP contribution in [-0.2, 0) is 14.8 Å². The predicted octanol–water partition coefficient (Wildman–Crippen LogP) is 2.02. The van der Waals surface area contributed by atoms with Crippen LogP contribution in [0.4, 0.5) is 5.69 Å². The van der Waals surface area contributed by atoms with Gasteiger partial charge in [-0.3, -0.25) is 4.90 Å². The van der Waals surface area contributed by atoms with Crippen molar-refractivity contribution in [1.29, 1.82) is 0 Å². The molecule has 0 aliphatic carbocycles. The van der Waals surface area contributed by atoms with Gasteiger partial charge in [0, 0.05) is 44.5 Å². The Morgan fingerprint density at radius 3 is 2.50 bits per heavy atom. The molecule has 1 aliphatic heterocycles. The SMILES string of the molecule is COC(=O)c1sccc1S(=O)(=O)NC[C@H](C)N1CCN(c2ccccc2)CC1. The monoisotopic (exact) mass is 423 g/mol. The number of ether oxygens (including phenoxy) is 1. The highest BCUT2D eigenvalue weighted by Gasteiger charge is 2.27. The number of para-hydroxylation sites is 1. The number of piperazine rings is 1. The van der Waals surface area contributed by atoms with E-state index in [0.717, 1.165) is 37.5 Å². The minimum absolute atomic E-state index is 0.0227.